The van der Waals surface area contributed by atoms with Gasteiger partial charge in [-0.1, -0.05) is 57.4 Å². The second-order valence-corrected chi connectivity index (χ2v) is 7.35. The van der Waals surface area contributed by atoms with Crippen molar-refractivity contribution in [3.05, 3.63) is 59.2 Å². The lowest BCUT2D eigenvalue weighted by Gasteiger charge is -2.27. The Kier molecular flexibility index (Phi) is 6.01. The maximum Gasteiger partial charge on any atom is 0.128 e. The summed E-state index contributed by atoms with van der Waals surface area (Å²) in [6, 6.07) is 8.88. The van der Waals surface area contributed by atoms with Gasteiger partial charge >= 0.3 is 0 Å². The number of benzene rings is 1. The molecule has 0 N–H and O–H groups in total. The minimum Gasteiger partial charge on any atom is -0.241 e. The van der Waals surface area contributed by atoms with Crippen LogP contribution in [0.2, 0.25) is 0 Å². The Morgan fingerprint density at radius 3 is 1.96 bits per heavy atom. The Morgan fingerprint density at radius 1 is 0.792 bits per heavy atom. The van der Waals surface area contributed by atoms with Crippen molar-refractivity contribution in [2.75, 3.05) is 0 Å². The summed E-state index contributed by atoms with van der Waals surface area (Å²) in [6.07, 6.45) is 14.0. The first-order chi connectivity index (χ1) is 11.8. The number of rotatable bonds is 6. The van der Waals surface area contributed by atoms with Gasteiger partial charge in [0.15, 0.2) is 0 Å². The Hall–Kier alpha value is -1.70. The van der Waals surface area contributed by atoms with Gasteiger partial charge in [0, 0.05) is 25.2 Å². The standard InChI is InChI=1S/C22H30N2/c1-3-17-5-9-19(10-6-17)13-21-15-23-22(24-16-21)14-20-11-7-18(4-2)8-12-20/h5-6,9-10,15-16,18,20H,3-4,7-8,11-14H2,1-2H3. The van der Waals surface area contributed by atoms with Gasteiger partial charge in [-0.3, -0.25) is 0 Å². The van der Waals surface area contributed by atoms with Crippen molar-refractivity contribution in [3.8, 4) is 0 Å². The van der Waals surface area contributed by atoms with Crippen molar-refractivity contribution in [2.24, 2.45) is 11.8 Å². The van der Waals surface area contributed by atoms with Crippen LogP contribution in [0.5, 0.6) is 0 Å². The summed E-state index contributed by atoms with van der Waals surface area (Å²) in [7, 11) is 0. The molecule has 0 spiro atoms. The van der Waals surface area contributed by atoms with Gasteiger partial charge < -0.3 is 0 Å². The van der Waals surface area contributed by atoms with E-state index in [0.29, 0.717) is 0 Å². The van der Waals surface area contributed by atoms with Crippen molar-refractivity contribution >= 4 is 0 Å². The van der Waals surface area contributed by atoms with Gasteiger partial charge in [0.1, 0.15) is 5.82 Å². The maximum atomic E-state index is 4.63. The minimum atomic E-state index is 0.792. The second kappa shape index (κ2) is 8.41. The Bertz CT molecular complexity index is 607. The van der Waals surface area contributed by atoms with Crippen molar-refractivity contribution in [1.82, 2.24) is 9.97 Å². The van der Waals surface area contributed by atoms with Gasteiger partial charge in [0.2, 0.25) is 0 Å². The summed E-state index contributed by atoms with van der Waals surface area (Å²) in [6.45, 7) is 4.51. The molecule has 0 saturated heterocycles. The highest BCUT2D eigenvalue weighted by atomic mass is 14.9. The first-order valence-corrected chi connectivity index (χ1v) is 9.64. The second-order valence-electron chi connectivity index (χ2n) is 7.35. The molecule has 24 heavy (non-hydrogen) atoms. The van der Waals surface area contributed by atoms with Crippen molar-refractivity contribution < 1.29 is 0 Å². The number of aromatic nitrogens is 2. The van der Waals surface area contributed by atoms with E-state index < -0.39 is 0 Å². The summed E-state index contributed by atoms with van der Waals surface area (Å²) in [4.78, 5) is 9.26. The van der Waals surface area contributed by atoms with Gasteiger partial charge in [-0.15, -0.1) is 0 Å². The molecule has 0 radical (unpaired) electrons. The van der Waals surface area contributed by atoms with E-state index in [1.807, 2.05) is 12.4 Å². The molecule has 0 amide bonds. The summed E-state index contributed by atoms with van der Waals surface area (Å²) in [5, 5.41) is 0. The summed E-state index contributed by atoms with van der Waals surface area (Å²) >= 11 is 0. The zero-order valence-corrected chi connectivity index (χ0v) is 15.2. The van der Waals surface area contributed by atoms with Crippen LogP contribution in [0, 0.1) is 11.8 Å². The monoisotopic (exact) mass is 322 g/mol. The molecular formula is C22H30N2. The highest BCUT2D eigenvalue weighted by Crippen LogP contribution is 2.31. The molecule has 1 aromatic heterocycles. The average Bonchev–Trinajstić information content (AvgIpc) is 2.65. The van der Waals surface area contributed by atoms with Crippen LogP contribution in [-0.2, 0) is 19.3 Å². The topological polar surface area (TPSA) is 25.8 Å². The van der Waals surface area contributed by atoms with E-state index in [4.69, 9.17) is 0 Å². The average molecular weight is 322 g/mol. The Morgan fingerprint density at radius 2 is 1.38 bits per heavy atom. The highest BCUT2D eigenvalue weighted by molar-refractivity contribution is 5.26. The Labute approximate surface area is 146 Å². The zero-order chi connectivity index (χ0) is 16.8. The van der Waals surface area contributed by atoms with E-state index in [9.17, 15) is 0 Å². The van der Waals surface area contributed by atoms with Gasteiger partial charge in [-0.2, -0.15) is 0 Å². The molecular weight excluding hydrogens is 292 g/mol. The van der Waals surface area contributed by atoms with Gasteiger partial charge in [0.05, 0.1) is 0 Å². The zero-order valence-electron chi connectivity index (χ0n) is 15.2. The molecule has 1 aliphatic rings. The predicted octanol–water partition coefficient (Wildman–Crippen LogP) is 5.39. The molecule has 1 aromatic carbocycles. The molecule has 1 saturated carbocycles. The first-order valence-electron chi connectivity index (χ1n) is 9.64. The quantitative estimate of drug-likeness (QED) is 0.712. The largest absolute Gasteiger partial charge is 0.241 e. The van der Waals surface area contributed by atoms with E-state index in [0.717, 1.165) is 36.9 Å². The predicted molar refractivity (Wildman–Crippen MR) is 100 cm³/mol. The fourth-order valence-electron chi connectivity index (χ4n) is 3.81. The van der Waals surface area contributed by atoms with Crippen LogP contribution in [0.25, 0.3) is 0 Å². The smallest absolute Gasteiger partial charge is 0.128 e. The molecule has 0 unspecified atom stereocenters. The van der Waals surface area contributed by atoms with E-state index in [-0.39, 0.29) is 0 Å². The van der Waals surface area contributed by atoms with E-state index in [1.54, 1.807) is 0 Å². The highest BCUT2D eigenvalue weighted by Gasteiger charge is 2.20. The SMILES string of the molecule is CCc1ccc(Cc2cnc(CC3CCC(CC)CC3)nc2)cc1. The lowest BCUT2D eigenvalue weighted by Crippen LogP contribution is -2.17. The van der Waals surface area contributed by atoms with Crippen LogP contribution in [-0.4, -0.2) is 9.97 Å². The lowest BCUT2D eigenvalue weighted by molar-refractivity contribution is 0.265. The third kappa shape index (κ3) is 4.66. The molecule has 0 bridgehead atoms. The molecule has 1 aliphatic carbocycles. The van der Waals surface area contributed by atoms with Gasteiger partial charge in [0.25, 0.3) is 0 Å². The number of nitrogens with zero attached hydrogens (tertiary/aromatic N) is 2. The summed E-state index contributed by atoms with van der Waals surface area (Å²) in [5.74, 6) is 2.78. The van der Waals surface area contributed by atoms with Crippen molar-refractivity contribution in [2.45, 2.75) is 65.2 Å². The first kappa shape index (κ1) is 17.1. The molecule has 128 valence electrons. The van der Waals surface area contributed by atoms with Crippen molar-refractivity contribution in [3.63, 3.8) is 0 Å². The lowest BCUT2D eigenvalue weighted by atomic mass is 9.79. The molecule has 1 fully saturated rings. The van der Waals surface area contributed by atoms with Gasteiger partial charge in [-0.25, -0.2) is 9.97 Å². The molecule has 2 heteroatoms. The third-order valence-corrected chi connectivity index (χ3v) is 5.61. The minimum absolute atomic E-state index is 0.792. The van der Waals surface area contributed by atoms with Crippen LogP contribution < -0.4 is 0 Å². The van der Waals surface area contributed by atoms with Crippen LogP contribution in [0.4, 0.5) is 0 Å². The van der Waals surface area contributed by atoms with E-state index in [2.05, 4.69) is 48.1 Å². The van der Waals surface area contributed by atoms with E-state index in [1.165, 1.54) is 48.8 Å². The summed E-state index contributed by atoms with van der Waals surface area (Å²) in [5.41, 5.74) is 3.93. The number of aryl methyl sites for hydroxylation is 1. The van der Waals surface area contributed by atoms with E-state index >= 15 is 0 Å². The number of hydrogen-bond donors (Lipinski definition) is 0. The normalized spacial score (nSPS) is 20.9. The molecule has 1 heterocycles. The summed E-state index contributed by atoms with van der Waals surface area (Å²) < 4.78 is 0. The third-order valence-electron chi connectivity index (χ3n) is 5.61. The fraction of sp³-hybridized carbons (Fsp3) is 0.545. The van der Waals surface area contributed by atoms with Gasteiger partial charge in [-0.05, 0) is 47.8 Å². The number of hydrogen-bond acceptors (Lipinski definition) is 2. The van der Waals surface area contributed by atoms with Crippen LogP contribution in [0.3, 0.4) is 0 Å². The molecule has 2 nitrogen and oxygen atoms in total. The fourth-order valence-corrected chi connectivity index (χ4v) is 3.81. The van der Waals surface area contributed by atoms with Crippen LogP contribution in [0.1, 0.15) is 68.5 Å². The maximum absolute atomic E-state index is 4.63. The Balaban J connectivity index is 1.53. The molecule has 3 rings (SSSR count). The molecule has 0 atom stereocenters. The molecule has 0 aliphatic heterocycles. The van der Waals surface area contributed by atoms with Crippen molar-refractivity contribution in [1.29, 1.82) is 0 Å². The molecule has 2 aromatic rings. The van der Waals surface area contributed by atoms with Crippen LogP contribution >= 0.6 is 0 Å². The van der Waals surface area contributed by atoms with Crippen LogP contribution in [0.15, 0.2) is 36.7 Å².